The van der Waals surface area contributed by atoms with Crippen LogP contribution in [0.2, 0.25) is 0 Å². The van der Waals surface area contributed by atoms with Crippen LogP contribution in [0.5, 0.6) is 0 Å². The summed E-state index contributed by atoms with van der Waals surface area (Å²) in [5, 5.41) is 8.36. The van der Waals surface area contributed by atoms with Gasteiger partial charge in [-0.1, -0.05) is 13.8 Å². The summed E-state index contributed by atoms with van der Waals surface area (Å²) >= 11 is 0. The number of sulfonamides is 1. The molecule has 9 heteroatoms. The highest BCUT2D eigenvalue weighted by Gasteiger charge is 2.29. The molecule has 0 fully saturated rings. The number of ether oxygens (including phenoxy) is 1. The number of rotatable bonds is 6. The minimum Gasteiger partial charge on any atom is -0.478 e. The predicted octanol–water partition coefficient (Wildman–Crippen LogP) is 0.256. The Kier molecular flexibility index (Phi) is 5.39. The molecule has 1 rings (SSSR count). The van der Waals surface area contributed by atoms with Crippen LogP contribution >= 0.6 is 0 Å². The molecule has 0 aromatic carbocycles. The molecule has 0 unspecified atom stereocenters. The highest BCUT2D eigenvalue weighted by atomic mass is 32.2. The zero-order valence-electron chi connectivity index (χ0n) is 11.7. The van der Waals surface area contributed by atoms with E-state index in [-0.39, 0.29) is 16.5 Å². The van der Waals surface area contributed by atoms with Crippen molar-refractivity contribution >= 4 is 22.0 Å². The van der Waals surface area contributed by atoms with E-state index in [1.54, 1.807) is 13.8 Å². The zero-order valence-corrected chi connectivity index (χ0v) is 12.5. The molecule has 8 nitrogen and oxygen atoms in total. The van der Waals surface area contributed by atoms with Gasteiger partial charge in [0.25, 0.3) is 10.0 Å². The van der Waals surface area contributed by atoms with Crippen molar-refractivity contribution in [3.05, 3.63) is 23.9 Å². The number of carboxylic acid groups (broad SMARTS) is 1. The number of nitrogens with zero attached hydrogens (tertiary/aromatic N) is 1. The van der Waals surface area contributed by atoms with E-state index < -0.39 is 28.0 Å². The number of carboxylic acids is 1. The first kappa shape index (κ1) is 17.1. The van der Waals surface area contributed by atoms with E-state index in [4.69, 9.17) is 5.11 Å². The molecule has 0 amide bonds. The second-order valence-corrected chi connectivity index (χ2v) is 6.22. The topological polar surface area (TPSA) is 123 Å². The average molecular weight is 316 g/mol. The van der Waals surface area contributed by atoms with Gasteiger partial charge in [0.15, 0.2) is 5.03 Å². The molecule has 1 aromatic rings. The molecule has 21 heavy (non-hydrogen) atoms. The van der Waals surface area contributed by atoms with Crippen molar-refractivity contribution in [1.82, 2.24) is 9.71 Å². The summed E-state index contributed by atoms with van der Waals surface area (Å²) in [7, 11) is -2.90. The minimum absolute atomic E-state index is 0.137. The summed E-state index contributed by atoms with van der Waals surface area (Å²) in [6.07, 6.45) is 0.930. The van der Waals surface area contributed by atoms with Crippen LogP contribution in [0.4, 0.5) is 0 Å². The van der Waals surface area contributed by atoms with Crippen molar-refractivity contribution in [2.45, 2.75) is 24.9 Å². The Morgan fingerprint density at radius 3 is 2.33 bits per heavy atom. The van der Waals surface area contributed by atoms with Gasteiger partial charge in [-0.2, -0.15) is 4.72 Å². The summed E-state index contributed by atoms with van der Waals surface area (Å²) < 4.78 is 31.0. The van der Waals surface area contributed by atoms with E-state index in [0.717, 1.165) is 25.4 Å². The molecular formula is C12H16N2O6S. The van der Waals surface area contributed by atoms with Gasteiger partial charge in [0.2, 0.25) is 0 Å². The SMILES string of the molecule is COC(=O)[C@@H](NS(=O)(=O)c1ccc(C(=O)O)cn1)C(C)C. The Hall–Kier alpha value is -2.00. The fourth-order valence-corrected chi connectivity index (χ4v) is 2.74. The molecule has 116 valence electrons. The second-order valence-electron chi connectivity index (χ2n) is 4.56. The molecule has 0 spiro atoms. The highest BCUT2D eigenvalue weighted by molar-refractivity contribution is 7.89. The number of pyridine rings is 1. The van der Waals surface area contributed by atoms with Gasteiger partial charge in [0, 0.05) is 6.20 Å². The van der Waals surface area contributed by atoms with E-state index in [1.807, 2.05) is 0 Å². The van der Waals surface area contributed by atoms with Crippen molar-refractivity contribution < 1.29 is 27.9 Å². The number of hydrogen-bond acceptors (Lipinski definition) is 6. The molecule has 1 atom stereocenters. The molecule has 0 radical (unpaired) electrons. The lowest BCUT2D eigenvalue weighted by atomic mass is 10.1. The first-order valence-electron chi connectivity index (χ1n) is 5.98. The molecule has 1 aromatic heterocycles. The third-order valence-corrected chi connectivity index (χ3v) is 4.02. The molecule has 0 saturated carbocycles. The average Bonchev–Trinajstić information content (AvgIpc) is 2.43. The molecule has 0 aliphatic carbocycles. The Morgan fingerprint density at radius 2 is 1.95 bits per heavy atom. The van der Waals surface area contributed by atoms with Crippen LogP contribution in [-0.4, -0.2) is 43.6 Å². The smallest absolute Gasteiger partial charge is 0.337 e. The summed E-state index contributed by atoms with van der Waals surface area (Å²) in [6, 6.07) is 1.12. The minimum atomic E-state index is -4.06. The van der Waals surface area contributed by atoms with Crippen LogP contribution in [0, 0.1) is 5.92 Å². The first-order chi connectivity index (χ1) is 9.69. The number of aromatic nitrogens is 1. The van der Waals surface area contributed by atoms with Gasteiger partial charge in [-0.05, 0) is 18.1 Å². The number of methoxy groups -OCH3 is 1. The van der Waals surface area contributed by atoms with Crippen LogP contribution in [0.3, 0.4) is 0 Å². The van der Waals surface area contributed by atoms with E-state index >= 15 is 0 Å². The monoisotopic (exact) mass is 316 g/mol. The summed E-state index contributed by atoms with van der Waals surface area (Å²) in [6.45, 7) is 3.32. The van der Waals surface area contributed by atoms with Gasteiger partial charge in [-0.3, -0.25) is 4.79 Å². The third kappa shape index (κ3) is 4.23. The molecule has 0 aliphatic heterocycles. The number of nitrogens with one attached hydrogen (secondary N) is 1. The maximum absolute atomic E-state index is 12.1. The Bertz CT molecular complexity index is 624. The Balaban J connectivity index is 3.04. The standard InChI is InChI=1S/C12H16N2O6S/c1-7(2)10(12(17)20-3)14-21(18,19)9-5-4-8(6-13-9)11(15)16/h4-7,10,14H,1-3H3,(H,15,16)/t10-/m0/s1. The van der Waals surface area contributed by atoms with Gasteiger partial charge in [0.1, 0.15) is 6.04 Å². The highest BCUT2D eigenvalue weighted by Crippen LogP contribution is 2.11. The molecule has 0 saturated heterocycles. The van der Waals surface area contributed by atoms with Gasteiger partial charge < -0.3 is 9.84 Å². The van der Waals surface area contributed by atoms with Crippen molar-refractivity contribution in [1.29, 1.82) is 0 Å². The Labute approximate surface area is 122 Å². The third-order valence-electron chi connectivity index (χ3n) is 2.66. The zero-order chi connectivity index (χ0) is 16.2. The quantitative estimate of drug-likeness (QED) is 0.721. The second kappa shape index (κ2) is 6.64. The maximum Gasteiger partial charge on any atom is 0.337 e. The lowest BCUT2D eigenvalue weighted by molar-refractivity contribution is -0.143. The van der Waals surface area contributed by atoms with Crippen LogP contribution in [-0.2, 0) is 19.6 Å². The molecule has 0 aliphatic rings. The lowest BCUT2D eigenvalue weighted by Gasteiger charge is -2.19. The normalized spacial score (nSPS) is 13.0. The van der Waals surface area contributed by atoms with Crippen LogP contribution < -0.4 is 4.72 Å². The van der Waals surface area contributed by atoms with Gasteiger partial charge in [-0.25, -0.2) is 18.2 Å². The molecular weight excluding hydrogens is 300 g/mol. The lowest BCUT2D eigenvalue weighted by Crippen LogP contribution is -2.45. The van der Waals surface area contributed by atoms with E-state index in [2.05, 4.69) is 14.4 Å². The number of carbonyl (C=O) groups is 2. The molecule has 2 N–H and O–H groups in total. The first-order valence-corrected chi connectivity index (χ1v) is 7.47. The number of carbonyl (C=O) groups excluding carboxylic acids is 1. The van der Waals surface area contributed by atoms with Crippen molar-refractivity contribution in [3.8, 4) is 0 Å². The summed E-state index contributed by atoms with van der Waals surface area (Å²) in [5.74, 6) is -2.25. The van der Waals surface area contributed by atoms with Gasteiger partial charge in [0.05, 0.1) is 12.7 Å². The van der Waals surface area contributed by atoms with Gasteiger partial charge >= 0.3 is 11.9 Å². The van der Waals surface area contributed by atoms with Crippen molar-refractivity contribution in [3.63, 3.8) is 0 Å². The number of esters is 1. The summed E-state index contributed by atoms with van der Waals surface area (Å²) in [5.41, 5.74) is -0.137. The van der Waals surface area contributed by atoms with Crippen LogP contribution in [0.15, 0.2) is 23.4 Å². The van der Waals surface area contributed by atoms with E-state index in [9.17, 15) is 18.0 Å². The largest absolute Gasteiger partial charge is 0.478 e. The van der Waals surface area contributed by atoms with Crippen molar-refractivity contribution in [2.75, 3.05) is 7.11 Å². The van der Waals surface area contributed by atoms with E-state index in [0.29, 0.717) is 0 Å². The fraction of sp³-hybridized carbons (Fsp3) is 0.417. The number of aromatic carboxylic acids is 1. The Morgan fingerprint density at radius 1 is 1.33 bits per heavy atom. The van der Waals surface area contributed by atoms with Gasteiger partial charge in [-0.15, -0.1) is 0 Å². The predicted molar refractivity (Wildman–Crippen MR) is 72.2 cm³/mol. The number of hydrogen-bond donors (Lipinski definition) is 2. The van der Waals surface area contributed by atoms with E-state index in [1.165, 1.54) is 0 Å². The molecule has 0 bridgehead atoms. The summed E-state index contributed by atoms with van der Waals surface area (Å²) in [4.78, 5) is 25.8. The van der Waals surface area contributed by atoms with Crippen LogP contribution in [0.1, 0.15) is 24.2 Å². The maximum atomic E-state index is 12.1. The van der Waals surface area contributed by atoms with Crippen molar-refractivity contribution in [2.24, 2.45) is 5.92 Å². The fourth-order valence-electron chi connectivity index (χ4n) is 1.48. The molecule has 1 heterocycles. The van der Waals surface area contributed by atoms with Crippen LogP contribution in [0.25, 0.3) is 0 Å².